The highest BCUT2D eigenvalue weighted by atomic mass is 16.4. The molecule has 0 spiro atoms. The number of rotatable bonds is 2. The second-order valence-corrected chi connectivity index (χ2v) is 7.21. The van der Waals surface area contributed by atoms with Crippen molar-refractivity contribution in [3.8, 4) is 5.75 Å². The van der Waals surface area contributed by atoms with Crippen molar-refractivity contribution in [1.29, 1.82) is 0 Å². The standard InChI is InChI=1S/C17H20O3/c18-15-2-1-13(16(19)20)6-14(15)17-7-10-3-11(8-17)5-12(4-10)9-17/h1-2,6,10-12,18H,3-5,7-9H2,(H,19,20)/p-1. The highest BCUT2D eigenvalue weighted by Gasteiger charge is 2.51. The van der Waals surface area contributed by atoms with Crippen molar-refractivity contribution in [2.45, 2.75) is 43.9 Å². The zero-order valence-electron chi connectivity index (χ0n) is 11.5. The average molecular weight is 271 g/mol. The van der Waals surface area contributed by atoms with Gasteiger partial charge in [0.25, 0.3) is 0 Å². The Morgan fingerprint density at radius 3 is 2.15 bits per heavy atom. The Morgan fingerprint density at radius 2 is 1.65 bits per heavy atom. The van der Waals surface area contributed by atoms with Crippen molar-refractivity contribution in [3.63, 3.8) is 0 Å². The van der Waals surface area contributed by atoms with Crippen molar-refractivity contribution in [1.82, 2.24) is 0 Å². The van der Waals surface area contributed by atoms with Gasteiger partial charge in [-0.2, -0.15) is 0 Å². The fourth-order valence-corrected chi connectivity index (χ4v) is 5.52. The molecule has 4 aliphatic rings. The van der Waals surface area contributed by atoms with E-state index in [9.17, 15) is 15.0 Å². The molecular weight excluding hydrogens is 252 g/mol. The first-order valence-electron chi connectivity index (χ1n) is 7.60. The number of carboxylic acid groups (broad SMARTS) is 1. The van der Waals surface area contributed by atoms with Crippen molar-refractivity contribution in [3.05, 3.63) is 29.3 Å². The van der Waals surface area contributed by atoms with E-state index in [2.05, 4.69) is 0 Å². The molecule has 4 fully saturated rings. The highest BCUT2D eigenvalue weighted by molar-refractivity contribution is 5.88. The van der Waals surface area contributed by atoms with E-state index in [4.69, 9.17) is 0 Å². The number of hydrogen-bond donors (Lipinski definition) is 1. The first-order valence-corrected chi connectivity index (χ1v) is 7.60. The van der Waals surface area contributed by atoms with E-state index in [1.54, 1.807) is 6.07 Å². The van der Waals surface area contributed by atoms with Crippen LogP contribution in [0.15, 0.2) is 18.2 Å². The normalized spacial score (nSPS) is 38.1. The number of benzene rings is 1. The summed E-state index contributed by atoms with van der Waals surface area (Å²) in [6, 6.07) is 4.56. The van der Waals surface area contributed by atoms with Crippen LogP contribution in [0, 0.1) is 17.8 Å². The molecule has 0 saturated heterocycles. The van der Waals surface area contributed by atoms with Gasteiger partial charge in [-0.25, -0.2) is 4.79 Å². The van der Waals surface area contributed by atoms with Gasteiger partial charge in [0.2, 0.25) is 0 Å². The third kappa shape index (κ3) is 1.68. The van der Waals surface area contributed by atoms with Crippen LogP contribution in [0.1, 0.15) is 54.4 Å². The third-order valence-corrected chi connectivity index (χ3v) is 5.84. The molecule has 0 aliphatic heterocycles. The molecule has 1 N–H and O–H groups in total. The monoisotopic (exact) mass is 271 g/mol. The summed E-state index contributed by atoms with van der Waals surface area (Å²) in [5, 5.41) is 21.5. The minimum Gasteiger partial charge on any atom is -0.872 e. The van der Waals surface area contributed by atoms with Gasteiger partial charge in [-0.1, -0.05) is 6.07 Å². The quantitative estimate of drug-likeness (QED) is 0.899. The summed E-state index contributed by atoms with van der Waals surface area (Å²) in [6.45, 7) is 0. The van der Waals surface area contributed by atoms with Crippen LogP contribution in [0.2, 0.25) is 0 Å². The van der Waals surface area contributed by atoms with Crippen LogP contribution in [-0.4, -0.2) is 11.1 Å². The molecule has 1 aromatic rings. The minimum atomic E-state index is -0.934. The largest absolute Gasteiger partial charge is 0.872 e. The Balaban J connectivity index is 1.80. The molecule has 0 radical (unpaired) electrons. The Hall–Kier alpha value is -1.51. The maximum atomic E-state index is 12.3. The fourth-order valence-electron chi connectivity index (χ4n) is 5.52. The molecule has 0 unspecified atom stereocenters. The van der Waals surface area contributed by atoms with Gasteiger partial charge >= 0.3 is 5.97 Å². The second-order valence-electron chi connectivity index (χ2n) is 7.21. The van der Waals surface area contributed by atoms with Gasteiger partial charge in [0.1, 0.15) is 0 Å². The van der Waals surface area contributed by atoms with Crippen LogP contribution < -0.4 is 5.11 Å². The lowest BCUT2D eigenvalue weighted by atomic mass is 9.48. The van der Waals surface area contributed by atoms with Gasteiger partial charge in [0.15, 0.2) is 0 Å². The van der Waals surface area contributed by atoms with E-state index >= 15 is 0 Å². The predicted molar refractivity (Wildman–Crippen MR) is 72.7 cm³/mol. The Bertz CT molecular complexity index is 540. The number of aromatic carboxylic acids is 1. The van der Waals surface area contributed by atoms with Crippen LogP contribution in [0.3, 0.4) is 0 Å². The summed E-state index contributed by atoms with van der Waals surface area (Å²) >= 11 is 0. The lowest BCUT2D eigenvalue weighted by molar-refractivity contribution is -0.271. The summed E-state index contributed by atoms with van der Waals surface area (Å²) in [5.41, 5.74) is 1.03. The summed E-state index contributed by atoms with van der Waals surface area (Å²) in [6.07, 6.45) is 7.26. The average Bonchev–Trinajstić information content (AvgIpc) is 2.37. The van der Waals surface area contributed by atoms with Crippen molar-refractivity contribution in [2.24, 2.45) is 17.8 Å². The van der Waals surface area contributed by atoms with Gasteiger partial charge in [0.05, 0.1) is 5.56 Å². The van der Waals surface area contributed by atoms with Gasteiger partial charge in [-0.15, -0.1) is 5.75 Å². The summed E-state index contributed by atoms with van der Waals surface area (Å²) < 4.78 is 0. The first-order chi connectivity index (χ1) is 9.56. The maximum Gasteiger partial charge on any atom is 0.335 e. The lowest BCUT2D eigenvalue weighted by Gasteiger charge is -2.58. The topological polar surface area (TPSA) is 60.4 Å². The van der Waals surface area contributed by atoms with Crippen molar-refractivity contribution >= 4 is 5.97 Å². The fraction of sp³-hybridized carbons (Fsp3) is 0.588. The Morgan fingerprint density at radius 1 is 1.10 bits per heavy atom. The molecule has 0 amide bonds. The van der Waals surface area contributed by atoms with Crippen molar-refractivity contribution < 1.29 is 15.0 Å². The van der Waals surface area contributed by atoms with E-state index in [1.165, 1.54) is 31.4 Å². The van der Waals surface area contributed by atoms with Crippen LogP contribution in [-0.2, 0) is 5.41 Å². The van der Waals surface area contributed by atoms with Crippen LogP contribution in [0.5, 0.6) is 5.75 Å². The molecule has 0 atom stereocenters. The van der Waals surface area contributed by atoms with Crippen LogP contribution in [0.25, 0.3) is 0 Å². The molecule has 3 heteroatoms. The van der Waals surface area contributed by atoms with Crippen LogP contribution in [0.4, 0.5) is 0 Å². The van der Waals surface area contributed by atoms with E-state index in [0.29, 0.717) is 0 Å². The highest BCUT2D eigenvalue weighted by Crippen LogP contribution is 2.61. The predicted octanol–water partition coefficient (Wildman–Crippen LogP) is 2.93. The molecule has 1 aromatic carbocycles. The molecular formula is C17H19O3-. The van der Waals surface area contributed by atoms with Crippen LogP contribution >= 0.6 is 0 Å². The zero-order valence-corrected chi connectivity index (χ0v) is 11.5. The summed E-state index contributed by atoms with van der Waals surface area (Å²) in [5.74, 6) is 1.38. The number of hydrogen-bond acceptors (Lipinski definition) is 2. The van der Waals surface area contributed by atoms with Gasteiger partial charge in [-0.3, -0.25) is 0 Å². The first kappa shape index (κ1) is 12.2. The van der Waals surface area contributed by atoms with Crippen molar-refractivity contribution in [2.75, 3.05) is 0 Å². The molecule has 4 saturated carbocycles. The zero-order chi connectivity index (χ0) is 13.9. The molecule has 106 valence electrons. The van der Waals surface area contributed by atoms with E-state index < -0.39 is 5.97 Å². The van der Waals surface area contributed by atoms with E-state index in [1.807, 2.05) is 0 Å². The van der Waals surface area contributed by atoms with E-state index in [-0.39, 0.29) is 16.7 Å². The summed E-state index contributed by atoms with van der Waals surface area (Å²) in [4.78, 5) is 11.2. The smallest absolute Gasteiger partial charge is 0.335 e. The number of carbonyl (C=O) groups is 1. The maximum absolute atomic E-state index is 12.3. The molecule has 0 aromatic heterocycles. The second kappa shape index (κ2) is 4.00. The molecule has 4 aliphatic carbocycles. The SMILES string of the molecule is O=C(O)c1ccc([O-])c(C23CC4CC(CC(C4)C2)C3)c1. The molecule has 0 heterocycles. The molecule has 3 nitrogen and oxygen atoms in total. The third-order valence-electron chi connectivity index (χ3n) is 5.84. The van der Waals surface area contributed by atoms with Gasteiger partial charge in [0, 0.05) is 0 Å². The van der Waals surface area contributed by atoms with E-state index in [0.717, 1.165) is 42.6 Å². The lowest BCUT2D eigenvalue weighted by Crippen LogP contribution is -2.48. The Kier molecular flexibility index (Phi) is 2.45. The van der Waals surface area contributed by atoms with Gasteiger partial charge in [-0.05, 0) is 79.4 Å². The molecule has 5 rings (SSSR count). The number of carboxylic acids is 1. The molecule has 20 heavy (non-hydrogen) atoms. The Labute approximate surface area is 118 Å². The van der Waals surface area contributed by atoms with Gasteiger partial charge < -0.3 is 10.2 Å². The minimum absolute atomic E-state index is 0.0166. The summed E-state index contributed by atoms with van der Waals surface area (Å²) in [7, 11) is 0. The molecule has 4 bridgehead atoms.